The number of hydrogen-bond donors (Lipinski definition) is 2. The lowest BCUT2D eigenvalue weighted by molar-refractivity contribution is 0.241. The predicted octanol–water partition coefficient (Wildman–Crippen LogP) is 0.980. The summed E-state index contributed by atoms with van der Waals surface area (Å²) in [6, 6.07) is 7.28. The summed E-state index contributed by atoms with van der Waals surface area (Å²) >= 11 is 0. The van der Waals surface area contributed by atoms with Crippen LogP contribution < -0.4 is 19.8 Å². The monoisotopic (exact) mass is 340 g/mol. The third-order valence-electron chi connectivity index (χ3n) is 3.57. The zero-order valence-electron chi connectivity index (χ0n) is 13.7. The van der Waals surface area contributed by atoms with Crippen molar-refractivity contribution in [2.24, 2.45) is 0 Å². The van der Waals surface area contributed by atoms with Crippen molar-refractivity contribution < 1.29 is 13.2 Å². The fourth-order valence-corrected chi connectivity index (χ4v) is 3.07. The summed E-state index contributed by atoms with van der Waals surface area (Å²) in [5.41, 5.74) is 1.58. The standard InChI is InChI=1S/C15H24N4O3S/c1-18(2)13-6-8-14(9-7-13)19(23(3,21)22)11-10-16-15(20)17-12-4-5-12/h6-9,12H,4-5,10-11H2,1-3H3,(H2,16,17,20). The Morgan fingerprint density at radius 2 is 1.74 bits per heavy atom. The summed E-state index contributed by atoms with van der Waals surface area (Å²) in [6.07, 6.45) is 3.19. The smallest absolute Gasteiger partial charge is 0.315 e. The van der Waals surface area contributed by atoms with Gasteiger partial charge in [0.1, 0.15) is 0 Å². The summed E-state index contributed by atoms with van der Waals surface area (Å²) in [6.45, 7) is 0.444. The first kappa shape index (κ1) is 17.4. The third kappa shape index (κ3) is 5.31. The molecule has 8 heteroatoms. The Labute approximate surface area is 137 Å². The molecule has 0 aliphatic heterocycles. The van der Waals surface area contributed by atoms with Crippen molar-refractivity contribution in [1.29, 1.82) is 0 Å². The average Bonchev–Trinajstić information content (AvgIpc) is 3.26. The van der Waals surface area contributed by atoms with E-state index in [-0.39, 0.29) is 25.2 Å². The lowest BCUT2D eigenvalue weighted by Crippen LogP contribution is -2.42. The first-order valence-electron chi connectivity index (χ1n) is 7.57. The summed E-state index contributed by atoms with van der Waals surface area (Å²) in [5, 5.41) is 5.49. The number of nitrogens with zero attached hydrogens (tertiary/aromatic N) is 2. The van der Waals surface area contributed by atoms with Crippen molar-refractivity contribution in [2.45, 2.75) is 18.9 Å². The molecular weight excluding hydrogens is 316 g/mol. The minimum absolute atomic E-state index is 0.193. The van der Waals surface area contributed by atoms with Crippen LogP contribution in [0.1, 0.15) is 12.8 Å². The van der Waals surface area contributed by atoms with Crippen LogP contribution in [0, 0.1) is 0 Å². The quantitative estimate of drug-likeness (QED) is 0.775. The average molecular weight is 340 g/mol. The van der Waals surface area contributed by atoms with Gasteiger partial charge in [-0.25, -0.2) is 13.2 Å². The summed E-state index contributed by atoms with van der Waals surface area (Å²) in [5.74, 6) is 0. The number of anilines is 2. The summed E-state index contributed by atoms with van der Waals surface area (Å²) in [7, 11) is 0.433. The van der Waals surface area contributed by atoms with Crippen LogP contribution in [0.3, 0.4) is 0 Å². The van der Waals surface area contributed by atoms with E-state index in [1.54, 1.807) is 12.1 Å². The van der Waals surface area contributed by atoms with E-state index in [0.29, 0.717) is 5.69 Å². The Morgan fingerprint density at radius 1 is 1.17 bits per heavy atom. The van der Waals surface area contributed by atoms with Gasteiger partial charge < -0.3 is 15.5 Å². The molecule has 1 aromatic rings. The molecule has 0 aromatic heterocycles. The topological polar surface area (TPSA) is 81.8 Å². The summed E-state index contributed by atoms with van der Waals surface area (Å²) in [4.78, 5) is 13.5. The molecule has 0 atom stereocenters. The Kier molecular flexibility index (Phi) is 5.35. The van der Waals surface area contributed by atoms with Gasteiger partial charge in [0.2, 0.25) is 10.0 Å². The SMILES string of the molecule is CN(C)c1ccc(N(CCNC(=O)NC2CC2)S(C)(=O)=O)cc1. The molecule has 1 aliphatic rings. The van der Waals surface area contributed by atoms with Crippen molar-refractivity contribution in [2.75, 3.05) is 42.6 Å². The Balaban J connectivity index is 1.97. The highest BCUT2D eigenvalue weighted by Gasteiger charge is 2.23. The second-order valence-corrected chi connectivity index (χ2v) is 7.83. The molecule has 2 N–H and O–H groups in total. The van der Waals surface area contributed by atoms with Crippen molar-refractivity contribution in [3.8, 4) is 0 Å². The molecule has 1 aromatic carbocycles. The fourth-order valence-electron chi connectivity index (χ4n) is 2.14. The van der Waals surface area contributed by atoms with Crippen molar-refractivity contribution in [3.63, 3.8) is 0 Å². The highest BCUT2D eigenvalue weighted by atomic mass is 32.2. The van der Waals surface area contributed by atoms with Crippen LogP contribution in [0.2, 0.25) is 0 Å². The normalized spacial score (nSPS) is 14.2. The lowest BCUT2D eigenvalue weighted by atomic mass is 10.2. The van der Waals surface area contributed by atoms with Crippen LogP contribution >= 0.6 is 0 Å². The summed E-state index contributed by atoms with van der Waals surface area (Å²) < 4.78 is 25.3. The van der Waals surface area contributed by atoms with E-state index in [9.17, 15) is 13.2 Å². The zero-order valence-corrected chi connectivity index (χ0v) is 14.6. The van der Waals surface area contributed by atoms with Gasteiger partial charge >= 0.3 is 6.03 Å². The zero-order chi connectivity index (χ0) is 17.0. The maximum Gasteiger partial charge on any atom is 0.315 e. The highest BCUT2D eigenvalue weighted by Crippen LogP contribution is 2.21. The van der Waals surface area contributed by atoms with Gasteiger partial charge in [-0.05, 0) is 37.1 Å². The van der Waals surface area contributed by atoms with Crippen LogP contribution in [0.25, 0.3) is 0 Å². The van der Waals surface area contributed by atoms with Gasteiger partial charge in [-0.1, -0.05) is 0 Å². The number of urea groups is 1. The van der Waals surface area contributed by atoms with E-state index in [1.165, 1.54) is 4.31 Å². The first-order chi connectivity index (χ1) is 10.8. The molecule has 0 heterocycles. The van der Waals surface area contributed by atoms with Crippen molar-refractivity contribution in [3.05, 3.63) is 24.3 Å². The van der Waals surface area contributed by atoms with Gasteiger partial charge in [-0.2, -0.15) is 0 Å². The van der Waals surface area contributed by atoms with Gasteiger partial charge in [0.15, 0.2) is 0 Å². The maximum atomic E-state index is 12.0. The predicted molar refractivity (Wildman–Crippen MR) is 92.5 cm³/mol. The van der Waals surface area contributed by atoms with Gasteiger partial charge in [-0.15, -0.1) is 0 Å². The largest absolute Gasteiger partial charge is 0.378 e. The molecule has 1 fully saturated rings. The van der Waals surface area contributed by atoms with Gasteiger partial charge in [-0.3, -0.25) is 4.31 Å². The molecule has 128 valence electrons. The molecule has 1 saturated carbocycles. The van der Waals surface area contributed by atoms with Crippen LogP contribution in [0.5, 0.6) is 0 Å². The number of amides is 2. The molecule has 2 rings (SSSR count). The van der Waals surface area contributed by atoms with E-state index >= 15 is 0 Å². The van der Waals surface area contributed by atoms with Gasteiger partial charge in [0, 0.05) is 32.4 Å². The molecule has 0 bridgehead atoms. The van der Waals surface area contributed by atoms with Gasteiger partial charge in [0.25, 0.3) is 0 Å². The minimum atomic E-state index is -3.41. The third-order valence-corrected chi connectivity index (χ3v) is 4.76. The fraction of sp³-hybridized carbons (Fsp3) is 0.533. The first-order valence-corrected chi connectivity index (χ1v) is 9.41. The van der Waals surface area contributed by atoms with Crippen LogP contribution in [0.4, 0.5) is 16.2 Å². The Hall–Kier alpha value is -1.96. The molecule has 0 radical (unpaired) electrons. The van der Waals surface area contributed by atoms with Crippen LogP contribution in [-0.4, -0.2) is 53.9 Å². The molecule has 1 aliphatic carbocycles. The maximum absolute atomic E-state index is 12.0. The molecule has 0 unspecified atom stereocenters. The number of hydrogen-bond acceptors (Lipinski definition) is 4. The second-order valence-electron chi connectivity index (χ2n) is 5.92. The molecule has 7 nitrogen and oxygen atoms in total. The second kappa shape index (κ2) is 7.08. The Bertz CT molecular complexity index is 639. The number of benzene rings is 1. The number of sulfonamides is 1. The van der Waals surface area contributed by atoms with E-state index in [1.807, 2.05) is 31.1 Å². The molecule has 0 saturated heterocycles. The van der Waals surface area contributed by atoms with Crippen LogP contribution in [-0.2, 0) is 10.0 Å². The lowest BCUT2D eigenvalue weighted by Gasteiger charge is -2.23. The number of carbonyl (C=O) groups is 1. The molecule has 23 heavy (non-hydrogen) atoms. The Morgan fingerprint density at radius 3 is 2.22 bits per heavy atom. The number of nitrogens with one attached hydrogen (secondary N) is 2. The van der Waals surface area contributed by atoms with Gasteiger partial charge in [0.05, 0.1) is 18.5 Å². The van der Waals surface area contributed by atoms with E-state index in [2.05, 4.69) is 10.6 Å². The molecule has 2 amide bonds. The van der Waals surface area contributed by atoms with E-state index in [4.69, 9.17) is 0 Å². The van der Waals surface area contributed by atoms with Crippen LogP contribution in [0.15, 0.2) is 24.3 Å². The molecule has 0 spiro atoms. The molecular formula is C15H24N4O3S. The van der Waals surface area contributed by atoms with Crippen molar-refractivity contribution >= 4 is 27.4 Å². The van der Waals surface area contributed by atoms with E-state index in [0.717, 1.165) is 24.8 Å². The minimum Gasteiger partial charge on any atom is -0.378 e. The van der Waals surface area contributed by atoms with E-state index < -0.39 is 10.0 Å². The number of rotatable bonds is 7. The van der Waals surface area contributed by atoms with Crippen molar-refractivity contribution in [1.82, 2.24) is 10.6 Å². The highest BCUT2D eigenvalue weighted by molar-refractivity contribution is 7.92. The number of carbonyl (C=O) groups excluding carboxylic acids is 1.